The van der Waals surface area contributed by atoms with Gasteiger partial charge in [-0.1, -0.05) is 18.2 Å². The third-order valence-corrected chi connectivity index (χ3v) is 7.45. The molecule has 1 aliphatic heterocycles. The first kappa shape index (κ1) is 24.5. The number of nitrogens with zero attached hydrogens (tertiary/aromatic N) is 3. The van der Waals surface area contributed by atoms with Crippen LogP contribution >= 0.6 is 28.1 Å². The predicted molar refractivity (Wildman–Crippen MR) is 153 cm³/mol. The third-order valence-electron chi connectivity index (χ3n) is 6.47. The van der Waals surface area contributed by atoms with Crippen LogP contribution in [0, 0.1) is 13.8 Å². The van der Waals surface area contributed by atoms with Gasteiger partial charge in [-0.25, -0.2) is 0 Å². The van der Waals surface area contributed by atoms with Gasteiger partial charge in [0, 0.05) is 27.7 Å². The molecule has 1 N–H and O–H groups in total. The predicted octanol–water partition coefficient (Wildman–Crippen LogP) is 7.22. The molecule has 3 heterocycles. The lowest BCUT2D eigenvalue weighted by molar-refractivity contribution is 0.242. The van der Waals surface area contributed by atoms with Crippen LogP contribution in [0.15, 0.2) is 83.5 Å². The van der Waals surface area contributed by atoms with Crippen LogP contribution in [-0.4, -0.2) is 20.8 Å². The number of aromatic nitrogens is 2. The zero-order valence-corrected chi connectivity index (χ0v) is 23.2. The second kappa shape index (κ2) is 10.1. The molecule has 2 aromatic heterocycles. The fourth-order valence-corrected chi connectivity index (χ4v) is 5.81. The van der Waals surface area contributed by atoms with Crippen molar-refractivity contribution in [3.05, 3.63) is 106 Å². The molecule has 1 saturated heterocycles. The van der Waals surface area contributed by atoms with Gasteiger partial charge in [-0.15, -0.1) is 0 Å². The van der Waals surface area contributed by atoms with Crippen LogP contribution in [0.1, 0.15) is 48.6 Å². The Morgan fingerprint density at radius 1 is 1.00 bits per heavy atom. The van der Waals surface area contributed by atoms with Crippen molar-refractivity contribution in [1.29, 1.82) is 0 Å². The van der Waals surface area contributed by atoms with E-state index in [2.05, 4.69) is 87.0 Å². The van der Waals surface area contributed by atoms with E-state index in [1.54, 1.807) is 0 Å². The van der Waals surface area contributed by atoms with Crippen molar-refractivity contribution in [2.45, 2.75) is 45.9 Å². The molecule has 0 spiro atoms. The topological polar surface area (TPSA) is 42.3 Å². The van der Waals surface area contributed by atoms with Gasteiger partial charge in [0.05, 0.1) is 29.6 Å². The smallest absolute Gasteiger partial charge is 0.174 e. The fraction of sp³-hybridized carbons (Fsp3) is 0.241. The van der Waals surface area contributed by atoms with E-state index in [4.69, 9.17) is 21.9 Å². The quantitative estimate of drug-likeness (QED) is 0.252. The second-order valence-electron chi connectivity index (χ2n) is 9.27. The number of nitrogens with one attached hydrogen (secondary N) is 1. The lowest BCUT2D eigenvalue weighted by Crippen LogP contribution is -2.29. The lowest BCUT2D eigenvalue weighted by Gasteiger charge is -2.28. The Balaban J connectivity index is 1.64. The van der Waals surface area contributed by atoms with Gasteiger partial charge in [0.2, 0.25) is 0 Å². The molecule has 0 unspecified atom stereocenters. The van der Waals surface area contributed by atoms with E-state index in [-0.39, 0.29) is 18.2 Å². The number of aryl methyl sites for hydroxylation is 1. The second-order valence-corrected chi connectivity index (χ2v) is 10.5. The van der Waals surface area contributed by atoms with E-state index in [0.717, 1.165) is 33.0 Å². The molecular formula is C29H29BrN4OS. The lowest BCUT2D eigenvalue weighted by atomic mass is 9.96. The minimum atomic E-state index is -0.0987. The van der Waals surface area contributed by atoms with Crippen molar-refractivity contribution >= 4 is 38.9 Å². The maximum atomic E-state index is 5.92. The number of halogens is 1. The maximum Gasteiger partial charge on any atom is 0.174 e. The number of ether oxygens (including phenoxy) is 1. The first-order chi connectivity index (χ1) is 17.3. The molecule has 0 bridgehead atoms. The van der Waals surface area contributed by atoms with E-state index in [1.165, 1.54) is 11.3 Å². The Hall–Kier alpha value is -3.16. The molecule has 2 aromatic carbocycles. The number of para-hydroxylation sites is 1. The molecule has 1 fully saturated rings. The van der Waals surface area contributed by atoms with Gasteiger partial charge in [0.1, 0.15) is 5.75 Å². The molecule has 36 heavy (non-hydrogen) atoms. The summed E-state index contributed by atoms with van der Waals surface area (Å²) in [6, 6.07) is 24.6. The van der Waals surface area contributed by atoms with Crippen molar-refractivity contribution in [2.75, 3.05) is 4.90 Å². The molecule has 5 nitrogen and oxygen atoms in total. The molecule has 4 aromatic rings. The summed E-state index contributed by atoms with van der Waals surface area (Å²) in [6.07, 6.45) is 1.96. The molecule has 0 radical (unpaired) electrons. The molecule has 1 aliphatic rings. The van der Waals surface area contributed by atoms with Gasteiger partial charge in [-0.2, -0.15) is 0 Å². The number of hydrogen-bond donors (Lipinski definition) is 1. The zero-order chi connectivity index (χ0) is 25.4. The highest BCUT2D eigenvalue weighted by molar-refractivity contribution is 9.10. The van der Waals surface area contributed by atoms with Gasteiger partial charge >= 0.3 is 0 Å². The highest BCUT2D eigenvalue weighted by atomic mass is 79.9. The Morgan fingerprint density at radius 3 is 2.39 bits per heavy atom. The molecule has 0 aliphatic carbocycles. The minimum absolute atomic E-state index is 0.0771. The van der Waals surface area contributed by atoms with Crippen LogP contribution in [-0.2, 0) is 0 Å². The number of benzene rings is 2. The van der Waals surface area contributed by atoms with E-state index < -0.39 is 0 Å². The van der Waals surface area contributed by atoms with E-state index in [9.17, 15) is 0 Å². The number of anilines is 1. The molecule has 0 saturated carbocycles. The van der Waals surface area contributed by atoms with E-state index >= 15 is 0 Å². The summed E-state index contributed by atoms with van der Waals surface area (Å²) < 4.78 is 9.23. The number of hydrogen-bond acceptors (Lipinski definition) is 3. The monoisotopic (exact) mass is 560 g/mol. The van der Waals surface area contributed by atoms with Crippen LogP contribution < -0.4 is 15.0 Å². The first-order valence-electron chi connectivity index (χ1n) is 12.1. The Morgan fingerprint density at radius 2 is 1.72 bits per heavy atom. The molecule has 184 valence electrons. The highest BCUT2D eigenvalue weighted by Gasteiger charge is 2.42. The van der Waals surface area contributed by atoms with Crippen molar-refractivity contribution in [3.63, 3.8) is 0 Å². The van der Waals surface area contributed by atoms with Crippen LogP contribution in [0.5, 0.6) is 5.75 Å². The molecule has 7 heteroatoms. The highest BCUT2D eigenvalue weighted by Crippen LogP contribution is 2.44. The Kier molecular flexibility index (Phi) is 6.86. The van der Waals surface area contributed by atoms with Crippen molar-refractivity contribution in [2.24, 2.45) is 0 Å². The molecule has 2 atom stereocenters. The number of thiocarbonyl (C=S) groups is 1. The zero-order valence-electron chi connectivity index (χ0n) is 20.8. The molecule has 0 amide bonds. The van der Waals surface area contributed by atoms with Gasteiger partial charge in [-0.3, -0.25) is 4.98 Å². The molecule has 5 rings (SSSR count). The minimum Gasteiger partial charge on any atom is -0.491 e. The van der Waals surface area contributed by atoms with Gasteiger partial charge < -0.3 is 19.5 Å². The summed E-state index contributed by atoms with van der Waals surface area (Å²) >= 11 is 9.66. The molecular weight excluding hydrogens is 532 g/mol. The average Bonchev–Trinajstić information content (AvgIpc) is 3.35. The average molecular weight is 562 g/mol. The Bertz CT molecular complexity index is 1380. The SMILES string of the molecule is Cc1cc([C@H]2[C@@H](c3ccccn3)NC(=S)N2c2ccc(OC(C)C)cc2)c(C)n1-c1ccccc1Br. The summed E-state index contributed by atoms with van der Waals surface area (Å²) in [6.45, 7) is 8.38. The van der Waals surface area contributed by atoms with Crippen molar-refractivity contribution in [3.8, 4) is 11.4 Å². The fourth-order valence-electron chi connectivity index (χ4n) is 5.00. The van der Waals surface area contributed by atoms with E-state index in [0.29, 0.717) is 5.11 Å². The largest absolute Gasteiger partial charge is 0.491 e. The summed E-state index contributed by atoms with van der Waals surface area (Å²) in [5, 5.41) is 4.25. The van der Waals surface area contributed by atoms with Crippen LogP contribution in [0.4, 0.5) is 5.69 Å². The normalized spacial score (nSPS) is 17.5. The van der Waals surface area contributed by atoms with Gasteiger partial charge in [0.25, 0.3) is 0 Å². The van der Waals surface area contributed by atoms with Crippen LogP contribution in [0.25, 0.3) is 5.69 Å². The summed E-state index contributed by atoms with van der Waals surface area (Å²) in [5.74, 6) is 0.844. The van der Waals surface area contributed by atoms with Gasteiger partial charge in [0.15, 0.2) is 5.11 Å². The standard InChI is InChI=1S/C29H29BrN4OS/c1-18(2)35-22-14-12-21(13-15-22)34-28(27(32-29(34)36)25-10-7-8-16-31-25)23-17-19(3)33(20(23)4)26-11-6-5-9-24(26)30/h5-18,27-28H,1-4H3,(H,32,36)/t27-,28+/m1/s1. The maximum absolute atomic E-state index is 5.92. The number of pyridine rings is 1. The van der Waals surface area contributed by atoms with Crippen LogP contribution in [0.3, 0.4) is 0 Å². The summed E-state index contributed by atoms with van der Waals surface area (Å²) in [4.78, 5) is 6.90. The van der Waals surface area contributed by atoms with Crippen LogP contribution in [0.2, 0.25) is 0 Å². The Labute approximate surface area is 226 Å². The summed E-state index contributed by atoms with van der Waals surface area (Å²) in [7, 11) is 0. The third kappa shape index (κ3) is 4.53. The van der Waals surface area contributed by atoms with Gasteiger partial charge in [-0.05, 0) is 116 Å². The van der Waals surface area contributed by atoms with E-state index in [1.807, 2.05) is 50.4 Å². The van der Waals surface area contributed by atoms with Crippen molar-refractivity contribution < 1.29 is 4.74 Å². The number of rotatable bonds is 6. The summed E-state index contributed by atoms with van der Waals surface area (Å²) in [5.41, 5.74) is 6.61. The van der Waals surface area contributed by atoms with Crippen molar-refractivity contribution in [1.82, 2.24) is 14.9 Å². The first-order valence-corrected chi connectivity index (χ1v) is 13.3.